The quantitative estimate of drug-likeness (QED) is 0.755. The Morgan fingerprint density at radius 3 is 2.78 bits per heavy atom. The van der Waals surface area contributed by atoms with Crippen LogP contribution < -0.4 is 5.32 Å². The van der Waals surface area contributed by atoms with E-state index in [2.05, 4.69) is 17.1 Å². The fraction of sp³-hybridized carbons (Fsp3) is 0.929. The van der Waals surface area contributed by atoms with Gasteiger partial charge in [0.15, 0.2) is 0 Å². The SMILES string of the molecule is CCCN(CC(=O)NC(C)C)CC1CCCCO1. The molecule has 4 nitrogen and oxygen atoms in total. The van der Waals surface area contributed by atoms with Crippen LogP contribution in [0.15, 0.2) is 0 Å². The van der Waals surface area contributed by atoms with Crippen LogP contribution in [0.4, 0.5) is 0 Å². The third kappa shape index (κ3) is 6.36. The minimum atomic E-state index is 0.120. The summed E-state index contributed by atoms with van der Waals surface area (Å²) in [6.07, 6.45) is 4.95. The lowest BCUT2D eigenvalue weighted by molar-refractivity contribution is -0.123. The Kier molecular flexibility index (Phi) is 7.28. The highest BCUT2D eigenvalue weighted by Gasteiger charge is 2.19. The minimum Gasteiger partial charge on any atom is -0.377 e. The Hall–Kier alpha value is -0.610. The molecule has 1 N–H and O–H groups in total. The van der Waals surface area contributed by atoms with Gasteiger partial charge in [-0.3, -0.25) is 9.69 Å². The Bertz CT molecular complexity index is 238. The lowest BCUT2D eigenvalue weighted by Crippen LogP contribution is -2.44. The van der Waals surface area contributed by atoms with E-state index in [0.717, 1.165) is 32.5 Å². The van der Waals surface area contributed by atoms with E-state index in [1.165, 1.54) is 12.8 Å². The standard InChI is InChI=1S/C14H28N2O2/c1-4-8-16(11-14(17)15-12(2)3)10-13-7-5-6-9-18-13/h12-13H,4-11H2,1-3H3,(H,15,17). The molecule has 18 heavy (non-hydrogen) atoms. The van der Waals surface area contributed by atoms with Gasteiger partial charge in [-0.1, -0.05) is 6.92 Å². The number of carbonyl (C=O) groups is 1. The first kappa shape index (κ1) is 15.4. The second kappa shape index (κ2) is 8.48. The van der Waals surface area contributed by atoms with Crippen molar-refractivity contribution in [3.63, 3.8) is 0 Å². The summed E-state index contributed by atoms with van der Waals surface area (Å²) in [5.74, 6) is 0.120. The van der Waals surface area contributed by atoms with E-state index in [1.807, 2.05) is 13.8 Å². The van der Waals surface area contributed by atoms with Crippen LogP contribution in [0.3, 0.4) is 0 Å². The Balaban J connectivity index is 2.35. The van der Waals surface area contributed by atoms with Crippen molar-refractivity contribution < 1.29 is 9.53 Å². The van der Waals surface area contributed by atoms with Gasteiger partial charge in [0.2, 0.25) is 5.91 Å². The van der Waals surface area contributed by atoms with Crippen molar-refractivity contribution in [2.24, 2.45) is 0 Å². The Labute approximate surface area is 111 Å². The maximum Gasteiger partial charge on any atom is 0.234 e. The lowest BCUT2D eigenvalue weighted by atomic mass is 10.1. The van der Waals surface area contributed by atoms with Crippen LogP contribution in [0.25, 0.3) is 0 Å². The molecule has 0 radical (unpaired) electrons. The van der Waals surface area contributed by atoms with Gasteiger partial charge >= 0.3 is 0 Å². The van der Waals surface area contributed by atoms with E-state index in [0.29, 0.717) is 12.6 Å². The fourth-order valence-corrected chi connectivity index (χ4v) is 2.36. The molecule has 1 atom stereocenters. The van der Waals surface area contributed by atoms with Crippen molar-refractivity contribution in [1.82, 2.24) is 10.2 Å². The molecule has 1 aliphatic rings. The molecule has 1 aliphatic heterocycles. The number of hydrogen-bond acceptors (Lipinski definition) is 3. The van der Waals surface area contributed by atoms with Gasteiger partial charge in [0, 0.05) is 19.2 Å². The normalized spacial score (nSPS) is 20.4. The predicted molar refractivity (Wildman–Crippen MR) is 73.6 cm³/mol. The number of nitrogens with zero attached hydrogens (tertiary/aromatic N) is 1. The summed E-state index contributed by atoms with van der Waals surface area (Å²) in [5, 5.41) is 2.95. The molecule has 0 aromatic heterocycles. The van der Waals surface area contributed by atoms with Crippen LogP contribution in [0.2, 0.25) is 0 Å². The van der Waals surface area contributed by atoms with E-state index in [-0.39, 0.29) is 11.9 Å². The van der Waals surface area contributed by atoms with Gasteiger partial charge in [0.05, 0.1) is 12.6 Å². The smallest absolute Gasteiger partial charge is 0.234 e. The molecule has 0 aromatic rings. The van der Waals surface area contributed by atoms with Crippen LogP contribution in [-0.2, 0) is 9.53 Å². The molecule has 0 spiro atoms. The van der Waals surface area contributed by atoms with Gasteiger partial charge in [-0.15, -0.1) is 0 Å². The van der Waals surface area contributed by atoms with Crippen LogP contribution >= 0.6 is 0 Å². The molecular formula is C14H28N2O2. The highest BCUT2D eigenvalue weighted by molar-refractivity contribution is 5.78. The zero-order valence-corrected chi connectivity index (χ0v) is 12.1. The summed E-state index contributed by atoms with van der Waals surface area (Å²) in [6, 6.07) is 0.215. The Morgan fingerprint density at radius 2 is 2.22 bits per heavy atom. The summed E-state index contributed by atoms with van der Waals surface area (Å²) in [4.78, 5) is 14.0. The summed E-state index contributed by atoms with van der Waals surface area (Å²) >= 11 is 0. The molecule has 1 fully saturated rings. The first-order valence-corrected chi connectivity index (χ1v) is 7.25. The van der Waals surface area contributed by atoms with Crippen LogP contribution in [0.1, 0.15) is 46.5 Å². The zero-order chi connectivity index (χ0) is 13.4. The molecule has 0 aromatic carbocycles. The molecule has 0 aliphatic carbocycles. The van der Waals surface area contributed by atoms with E-state index in [1.54, 1.807) is 0 Å². The predicted octanol–water partition coefficient (Wildman–Crippen LogP) is 1.79. The topological polar surface area (TPSA) is 41.6 Å². The molecule has 1 amide bonds. The molecule has 1 saturated heterocycles. The second-order valence-electron chi connectivity index (χ2n) is 5.45. The molecular weight excluding hydrogens is 228 g/mol. The van der Waals surface area contributed by atoms with Crippen molar-refractivity contribution in [2.75, 3.05) is 26.2 Å². The summed E-state index contributed by atoms with van der Waals surface area (Å²) in [5.41, 5.74) is 0. The average molecular weight is 256 g/mol. The highest BCUT2D eigenvalue weighted by atomic mass is 16.5. The van der Waals surface area contributed by atoms with Crippen molar-refractivity contribution in [2.45, 2.75) is 58.6 Å². The molecule has 0 bridgehead atoms. The number of amides is 1. The maximum atomic E-state index is 11.8. The number of nitrogens with one attached hydrogen (secondary N) is 1. The molecule has 0 saturated carbocycles. The van der Waals surface area contributed by atoms with Crippen molar-refractivity contribution in [3.05, 3.63) is 0 Å². The van der Waals surface area contributed by atoms with Gasteiger partial charge in [-0.05, 0) is 46.1 Å². The first-order chi connectivity index (χ1) is 8.61. The van der Waals surface area contributed by atoms with Crippen molar-refractivity contribution >= 4 is 5.91 Å². The van der Waals surface area contributed by atoms with Gasteiger partial charge < -0.3 is 10.1 Å². The fourth-order valence-electron chi connectivity index (χ4n) is 2.36. The number of hydrogen-bond donors (Lipinski definition) is 1. The van der Waals surface area contributed by atoms with Crippen molar-refractivity contribution in [3.8, 4) is 0 Å². The zero-order valence-electron chi connectivity index (χ0n) is 12.1. The maximum absolute atomic E-state index is 11.8. The largest absolute Gasteiger partial charge is 0.377 e. The third-order valence-electron chi connectivity index (χ3n) is 3.09. The first-order valence-electron chi connectivity index (χ1n) is 7.25. The van der Waals surface area contributed by atoms with E-state index >= 15 is 0 Å². The van der Waals surface area contributed by atoms with E-state index in [9.17, 15) is 4.79 Å². The highest BCUT2D eigenvalue weighted by Crippen LogP contribution is 2.13. The van der Waals surface area contributed by atoms with Gasteiger partial charge in [0.25, 0.3) is 0 Å². The van der Waals surface area contributed by atoms with Gasteiger partial charge in [0.1, 0.15) is 0 Å². The third-order valence-corrected chi connectivity index (χ3v) is 3.09. The van der Waals surface area contributed by atoms with Crippen molar-refractivity contribution in [1.29, 1.82) is 0 Å². The molecule has 1 unspecified atom stereocenters. The van der Waals surface area contributed by atoms with Crippen LogP contribution in [0.5, 0.6) is 0 Å². The van der Waals surface area contributed by atoms with Gasteiger partial charge in [-0.25, -0.2) is 0 Å². The number of ether oxygens (including phenoxy) is 1. The molecule has 1 rings (SSSR count). The summed E-state index contributed by atoms with van der Waals surface area (Å²) < 4.78 is 5.74. The van der Waals surface area contributed by atoms with Crippen LogP contribution in [0, 0.1) is 0 Å². The van der Waals surface area contributed by atoms with E-state index in [4.69, 9.17) is 4.74 Å². The Morgan fingerprint density at radius 1 is 1.44 bits per heavy atom. The summed E-state index contributed by atoms with van der Waals surface area (Å²) in [6.45, 7) is 9.35. The average Bonchev–Trinajstić information content (AvgIpc) is 2.29. The number of rotatable bonds is 7. The monoisotopic (exact) mass is 256 g/mol. The second-order valence-corrected chi connectivity index (χ2v) is 5.45. The molecule has 1 heterocycles. The minimum absolute atomic E-state index is 0.120. The lowest BCUT2D eigenvalue weighted by Gasteiger charge is -2.29. The number of carbonyl (C=O) groups excluding carboxylic acids is 1. The van der Waals surface area contributed by atoms with Gasteiger partial charge in [-0.2, -0.15) is 0 Å². The summed E-state index contributed by atoms with van der Waals surface area (Å²) in [7, 11) is 0. The van der Waals surface area contributed by atoms with Crippen LogP contribution in [-0.4, -0.2) is 49.2 Å². The van der Waals surface area contributed by atoms with E-state index < -0.39 is 0 Å². The molecule has 4 heteroatoms. The molecule has 106 valence electrons.